The Morgan fingerprint density at radius 3 is 2.50 bits per heavy atom. The standard InChI is InChI=1S/C15H20BrN5O2S/c16-13-3-1-11(2-4-13)9-24(22,23)10-12-5-7-21(8-6-12)15-18-14(17)19-20-15/h1-4,12H,5-10H2,(H3,17,18,19,20). The third-order valence-corrected chi connectivity index (χ3v) is 6.46. The Morgan fingerprint density at radius 2 is 1.92 bits per heavy atom. The minimum Gasteiger partial charge on any atom is -0.368 e. The molecule has 0 amide bonds. The molecule has 24 heavy (non-hydrogen) atoms. The number of hydrogen-bond donors (Lipinski definition) is 2. The molecule has 0 aliphatic carbocycles. The Kier molecular flexibility index (Phi) is 5.09. The number of nitrogens with one attached hydrogen (secondary N) is 1. The second-order valence-electron chi connectivity index (χ2n) is 6.13. The zero-order chi connectivity index (χ0) is 17.2. The molecule has 1 fully saturated rings. The van der Waals surface area contributed by atoms with Gasteiger partial charge in [-0.05, 0) is 36.5 Å². The molecule has 1 saturated heterocycles. The van der Waals surface area contributed by atoms with Crippen LogP contribution in [0.15, 0.2) is 28.7 Å². The molecule has 1 aliphatic rings. The van der Waals surface area contributed by atoms with E-state index in [4.69, 9.17) is 5.73 Å². The van der Waals surface area contributed by atoms with Crippen molar-refractivity contribution in [3.8, 4) is 0 Å². The SMILES string of the molecule is Nc1nc(N2CCC(CS(=O)(=O)Cc3ccc(Br)cc3)CC2)n[nH]1. The molecule has 3 rings (SSSR count). The average Bonchev–Trinajstić information content (AvgIpc) is 2.96. The van der Waals surface area contributed by atoms with E-state index in [0.717, 1.165) is 36.0 Å². The third kappa shape index (κ3) is 4.47. The monoisotopic (exact) mass is 413 g/mol. The van der Waals surface area contributed by atoms with Gasteiger partial charge >= 0.3 is 0 Å². The summed E-state index contributed by atoms with van der Waals surface area (Å²) in [7, 11) is -3.12. The summed E-state index contributed by atoms with van der Waals surface area (Å²) < 4.78 is 25.8. The number of halogens is 1. The van der Waals surface area contributed by atoms with E-state index in [9.17, 15) is 8.42 Å². The van der Waals surface area contributed by atoms with E-state index in [2.05, 4.69) is 31.1 Å². The van der Waals surface area contributed by atoms with Crippen molar-refractivity contribution in [2.24, 2.45) is 5.92 Å². The van der Waals surface area contributed by atoms with E-state index in [1.54, 1.807) is 0 Å². The predicted molar refractivity (Wildman–Crippen MR) is 97.4 cm³/mol. The Hall–Kier alpha value is -1.61. The predicted octanol–water partition coefficient (Wildman–Crippen LogP) is 1.98. The molecule has 0 unspecified atom stereocenters. The summed E-state index contributed by atoms with van der Waals surface area (Å²) in [6.07, 6.45) is 1.63. The lowest BCUT2D eigenvalue weighted by Crippen LogP contribution is -2.36. The number of sulfone groups is 1. The van der Waals surface area contributed by atoms with Crippen molar-refractivity contribution >= 4 is 37.7 Å². The van der Waals surface area contributed by atoms with Crippen LogP contribution in [0.5, 0.6) is 0 Å². The van der Waals surface area contributed by atoms with Crippen molar-refractivity contribution in [2.75, 3.05) is 29.5 Å². The molecule has 2 heterocycles. The first-order valence-corrected chi connectivity index (χ1v) is 10.4. The second-order valence-corrected chi connectivity index (χ2v) is 9.16. The lowest BCUT2D eigenvalue weighted by molar-refractivity contribution is 0.432. The largest absolute Gasteiger partial charge is 0.368 e. The molecule has 0 atom stereocenters. The lowest BCUT2D eigenvalue weighted by atomic mass is 9.99. The fourth-order valence-electron chi connectivity index (χ4n) is 2.96. The summed E-state index contributed by atoms with van der Waals surface area (Å²) in [5, 5.41) is 6.67. The number of nitrogens with zero attached hydrogens (tertiary/aromatic N) is 3. The normalized spacial score (nSPS) is 16.5. The van der Waals surface area contributed by atoms with Crippen molar-refractivity contribution in [1.82, 2.24) is 15.2 Å². The van der Waals surface area contributed by atoms with Gasteiger partial charge in [0.2, 0.25) is 11.9 Å². The first-order chi connectivity index (χ1) is 11.4. The van der Waals surface area contributed by atoms with Crippen molar-refractivity contribution in [3.63, 3.8) is 0 Å². The Labute approximate surface area is 149 Å². The highest BCUT2D eigenvalue weighted by atomic mass is 79.9. The first-order valence-electron chi connectivity index (χ1n) is 7.79. The lowest BCUT2D eigenvalue weighted by Gasteiger charge is -2.30. The summed E-state index contributed by atoms with van der Waals surface area (Å²) >= 11 is 3.36. The maximum Gasteiger partial charge on any atom is 0.246 e. The van der Waals surface area contributed by atoms with E-state index in [1.807, 2.05) is 29.2 Å². The van der Waals surface area contributed by atoms with E-state index < -0.39 is 9.84 Å². The first kappa shape index (κ1) is 17.2. The Bertz CT molecular complexity index is 782. The maximum absolute atomic E-state index is 12.4. The van der Waals surface area contributed by atoms with Crippen LogP contribution < -0.4 is 10.6 Å². The van der Waals surface area contributed by atoms with Gasteiger partial charge in [0.25, 0.3) is 0 Å². The van der Waals surface area contributed by atoms with Crippen molar-refractivity contribution < 1.29 is 8.42 Å². The zero-order valence-corrected chi connectivity index (χ0v) is 15.6. The molecule has 1 aromatic heterocycles. The molecule has 2 aromatic rings. The Morgan fingerprint density at radius 1 is 1.25 bits per heavy atom. The van der Waals surface area contributed by atoms with Crippen LogP contribution in [-0.4, -0.2) is 42.4 Å². The van der Waals surface area contributed by atoms with E-state index in [1.165, 1.54) is 0 Å². The molecule has 7 nitrogen and oxygen atoms in total. The van der Waals surface area contributed by atoms with E-state index >= 15 is 0 Å². The summed E-state index contributed by atoms with van der Waals surface area (Å²) in [4.78, 5) is 6.14. The van der Waals surface area contributed by atoms with Crippen LogP contribution in [0.1, 0.15) is 18.4 Å². The third-order valence-electron chi connectivity index (χ3n) is 4.18. The van der Waals surface area contributed by atoms with Crippen LogP contribution >= 0.6 is 15.9 Å². The molecule has 0 bridgehead atoms. The molecule has 9 heteroatoms. The molecule has 0 radical (unpaired) electrons. The van der Waals surface area contributed by atoms with Crippen molar-refractivity contribution in [3.05, 3.63) is 34.3 Å². The van der Waals surface area contributed by atoms with Crippen LogP contribution in [0.3, 0.4) is 0 Å². The summed E-state index contributed by atoms with van der Waals surface area (Å²) in [5.41, 5.74) is 6.37. The van der Waals surface area contributed by atoms with Crippen molar-refractivity contribution in [2.45, 2.75) is 18.6 Å². The molecule has 0 spiro atoms. The number of benzene rings is 1. The van der Waals surface area contributed by atoms with E-state index in [-0.39, 0.29) is 17.4 Å². The van der Waals surface area contributed by atoms with Gasteiger partial charge in [0, 0.05) is 17.6 Å². The fourth-order valence-corrected chi connectivity index (χ4v) is 5.09. The molecule has 0 saturated carbocycles. The van der Waals surface area contributed by atoms with Gasteiger partial charge in [-0.15, -0.1) is 5.10 Å². The van der Waals surface area contributed by atoms with Gasteiger partial charge in [-0.2, -0.15) is 4.98 Å². The van der Waals surface area contributed by atoms with Crippen LogP contribution in [0.25, 0.3) is 0 Å². The van der Waals surface area contributed by atoms with Gasteiger partial charge in [-0.25, -0.2) is 13.5 Å². The van der Waals surface area contributed by atoms with Gasteiger partial charge in [0.15, 0.2) is 9.84 Å². The number of piperidine rings is 1. The average molecular weight is 414 g/mol. The van der Waals surface area contributed by atoms with Gasteiger partial charge in [0.1, 0.15) is 0 Å². The highest BCUT2D eigenvalue weighted by molar-refractivity contribution is 9.10. The summed E-state index contributed by atoms with van der Waals surface area (Å²) in [5.74, 6) is 1.39. The highest BCUT2D eigenvalue weighted by Crippen LogP contribution is 2.23. The van der Waals surface area contributed by atoms with Gasteiger partial charge in [-0.1, -0.05) is 28.1 Å². The molecule has 1 aromatic carbocycles. The smallest absolute Gasteiger partial charge is 0.246 e. The molecule has 1 aliphatic heterocycles. The number of anilines is 2. The highest BCUT2D eigenvalue weighted by Gasteiger charge is 2.26. The molecular weight excluding hydrogens is 394 g/mol. The van der Waals surface area contributed by atoms with Crippen LogP contribution in [0, 0.1) is 5.92 Å². The topological polar surface area (TPSA) is 105 Å². The van der Waals surface area contributed by atoms with Gasteiger partial charge < -0.3 is 10.6 Å². The fraction of sp³-hybridized carbons (Fsp3) is 0.467. The van der Waals surface area contributed by atoms with Gasteiger partial charge in [0.05, 0.1) is 11.5 Å². The number of hydrogen-bond acceptors (Lipinski definition) is 6. The van der Waals surface area contributed by atoms with Crippen LogP contribution in [0.4, 0.5) is 11.9 Å². The minimum atomic E-state index is -3.12. The maximum atomic E-state index is 12.4. The molecular formula is C15H20BrN5O2S. The van der Waals surface area contributed by atoms with Crippen molar-refractivity contribution in [1.29, 1.82) is 0 Å². The molecule has 130 valence electrons. The number of rotatable bonds is 5. The Balaban J connectivity index is 1.54. The van der Waals surface area contributed by atoms with E-state index in [0.29, 0.717) is 11.9 Å². The number of nitrogen functional groups attached to an aromatic ring is 1. The summed E-state index contributed by atoms with van der Waals surface area (Å²) in [6.45, 7) is 1.49. The molecule has 3 N–H and O–H groups in total. The van der Waals surface area contributed by atoms with Crippen LogP contribution in [-0.2, 0) is 15.6 Å². The number of H-pyrrole nitrogens is 1. The number of nitrogens with two attached hydrogens (primary N) is 1. The quantitative estimate of drug-likeness (QED) is 0.775. The van der Waals surface area contributed by atoms with Crippen LogP contribution in [0.2, 0.25) is 0 Å². The minimum absolute atomic E-state index is 0.0952. The van der Waals surface area contributed by atoms with Gasteiger partial charge in [-0.3, -0.25) is 0 Å². The zero-order valence-electron chi connectivity index (χ0n) is 13.2. The second kappa shape index (κ2) is 7.10. The summed E-state index contributed by atoms with van der Waals surface area (Å²) in [6, 6.07) is 7.42. The number of aromatic nitrogens is 3. The number of aromatic amines is 1.